The predicted molar refractivity (Wildman–Crippen MR) is 64.0 cm³/mol. The van der Waals surface area contributed by atoms with Crippen LogP contribution >= 0.6 is 0 Å². The summed E-state index contributed by atoms with van der Waals surface area (Å²) in [5.74, 6) is 0.348. The molecule has 0 amide bonds. The van der Waals surface area contributed by atoms with Crippen molar-refractivity contribution in [3.8, 4) is 0 Å². The van der Waals surface area contributed by atoms with Gasteiger partial charge in [0.05, 0.1) is 11.9 Å². The summed E-state index contributed by atoms with van der Waals surface area (Å²) >= 11 is 0. The van der Waals surface area contributed by atoms with E-state index in [0.29, 0.717) is 6.04 Å². The number of hydrogen-bond donors (Lipinski definition) is 1. The van der Waals surface area contributed by atoms with Gasteiger partial charge in [-0.2, -0.15) is 4.39 Å². The van der Waals surface area contributed by atoms with Crippen molar-refractivity contribution in [1.82, 2.24) is 4.98 Å². The van der Waals surface area contributed by atoms with Gasteiger partial charge in [0.15, 0.2) is 0 Å². The van der Waals surface area contributed by atoms with E-state index in [9.17, 15) is 4.39 Å². The van der Waals surface area contributed by atoms with Crippen LogP contribution in [0.4, 0.5) is 10.1 Å². The fourth-order valence-electron chi connectivity index (χ4n) is 2.49. The average Bonchev–Trinajstić information content (AvgIpc) is 2.75. The second-order valence-electron chi connectivity index (χ2n) is 4.80. The molecule has 1 saturated carbocycles. The molecule has 16 heavy (non-hydrogen) atoms. The number of halogens is 1. The minimum atomic E-state index is -0.406. The monoisotopic (exact) mass is 222 g/mol. The van der Waals surface area contributed by atoms with Crippen LogP contribution in [-0.2, 0) is 0 Å². The first-order valence-corrected chi connectivity index (χ1v) is 6.05. The van der Waals surface area contributed by atoms with Gasteiger partial charge in [0.25, 0.3) is 0 Å². The van der Waals surface area contributed by atoms with Gasteiger partial charge in [0.2, 0.25) is 5.95 Å². The molecule has 1 aromatic heterocycles. The summed E-state index contributed by atoms with van der Waals surface area (Å²) in [7, 11) is 0. The number of nitrogens with zero attached hydrogens (tertiary/aromatic N) is 1. The van der Waals surface area contributed by atoms with Crippen LogP contribution in [0.1, 0.15) is 38.2 Å². The number of anilines is 1. The maximum atomic E-state index is 12.8. The second-order valence-corrected chi connectivity index (χ2v) is 4.80. The predicted octanol–water partition coefficient (Wildman–Crippen LogP) is 3.52. The first-order chi connectivity index (χ1) is 7.66. The minimum absolute atomic E-state index is 0.406. The third kappa shape index (κ3) is 2.52. The Morgan fingerprint density at radius 1 is 1.44 bits per heavy atom. The average molecular weight is 222 g/mol. The van der Waals surface area contributed by atoms with Gasteiger partial charge in [0.1, 0.15) is 0 Å². The maximum Gasteiger partial charge on any atom is 0.213 e. The van der Waals surface area contributed by atoms with E-state index in [1.165, 1.54) is 31.7 Å². The Bertz CT molecular complexity index is 359. The maximum absolute atomic E-state index is 12.8. The molecule has 1 N–H and O–H groups in total. The van der Waals surface area contributed by atoms with Crippen molar-refractivity contribution in [3.63, 3.8) is 0 Å². The van der Waals surface area contributed by atoms with Crippen molar-refractivity contribution < 1.29 is 4.39 Å². The van der Waals surface area contributed by atoms with Crippen molar-refractivity contribution in [2.45, 2.75) is 45.6 Å². The molecule has 1 aliphatic rings. The van der Waals surface area contributed by atoms with E-state index in [0.717, 1.165) is 17.2 Å². The van der Waals surface area contributed by atoms with Crippen molar-refractivity contribution >= 4 is 5.69 Å². The highest BCUT2D eigenvalue weighted by atomic mass is 19.1. The lowest BCUT2D eigenvalue weighted by Crippen LogP contribution is -2.24. The van der Waals surface area contributed by atoms with E-state index in [4.69, 9.17) is 0 Å². The van der Waals surface area contributed by atoms with Crippen LogP contribution in [-0.4, -0.2) is 11.0 Å². The van der Waals surface area contributed by atoms with Gasteiger partial charge in [-0.1, -0.05) is 12.8 Å². The number of rotatable bonds is 3. The Hall–Kier alpha value is -1.12. The number of aryl methyl sites for hydroxylation is 1. The van der Waals surface area contributed by atoms with Gasteiger partial charge in [-0.3, -0.25) is 0 Å². The van der Waals surface area contributed by atoms with Crippen LogP contribution < -0.4 is 5.32 Å². The van der Waals surface area contributed by atoms with E-state index in [1.807, 2.05) is 6.92 Å². The Morgan fingerprint density at radius 2 is 2.12 bits per heavy atom. The topological polar surface area (TPSA) is 24.9 Å². The molecule has 0 saturated heterocycles. The highest BCUT2D eigenvalue weighted by molar-refractivity contribution is 5.48. The van der Waals surface area contributed by atoms with Crippen molar-refractivity contribution in [1.29, 1.82) is 0 Å². The van der Waals surface area contributed by atoms with Crippen LogP contribution in [0, 0.1) is 18.8 Å². The van der Waals surface area contributed by atoms with E-state index >= 15 is 0 Å². The normalized spacial score (nSPS) is 18.7. The largest absolute Gasteiger partial charge is 0.381 e. The van der Waals surface area contributed by atoms with Gasteiger partial charge in [-0.25, -0.2) is 4.98 Å². The van der Waals surface area contributed by atoms with Gasteiger partial charge in [-0.05, 0) is 44.2 Å². The first-order valence-electron chi connectivity index (χ1n) is 6.05. The molecule has 0 bridgehead atoms. The Morgan fingerprint density at radius 3 is 2.75 bits per heavy atom. The van der Waals surface area contributed by atoms with Gasteiger partial charge < -0.3 is 5.32 Å². The molecule has 1 fully saturated rings. The van der Waals surface area contributed by atoms with Gasteiger partial charge >= 0.3 is 0 Å². The van der Waals surface area contributed by atoms with Crippen molar-refractivity contribution in [3.05, 3.63) is 23.8 Å². The smallest absolute Gasteiger partial charge is 0.213 e. The van der Waals surface area contributed by atoms with E-state index in [-0.39, 0.29) is 0 Å². The van der Waals surface area contributed by atoms with Gasteiger partial charge in [-0.15, -0.1) is 0 Å². The summed E-state index contributed by atoms with van der Waals surface area (Å²) in [5, 5.41) is 3.45. The van der Waals surface area contributed by atoms with Crippen LogP contribution in [0.5, 0.6) is 0 Å². The molecule has 1 unspecified atom stereocenters. The second kappa shape index (κ2) is 4.81. The highest BCUT2D eigenvalue weighted by Crippen LogP contribution is 2.29. The molecule has 1 atom stereocenters. The lowest BCUT2D eigenvalue weighted by atomic mass is 9.99. The highest BCUT2D eigenvalue weighted by Gasteiger charge is 2.21. The molecule has 1 aliphatic carbocycles. The molecule has 2 rings (SSSR count). The van der Waals surface area contributed by atoms with E-state index < -0.39 is 5.95 Å². The quantitative estimate of drug-likeness (QED) is 0.791. The van der Waals surface area contributed by atoms with Crippen molar-refractivity contribution in [2.24, 2.45) is 5.92 Å². The fraction of sp³-hybridized carbons (Fsp3) is 0.615. The molecule has 1 heterocycles. The zero-order chi connectivity index (χ0) is 11.5. The lowest BCUT2D eigenvalue weighted by Gasteiger charge is -2.22. The zero-order valence-electron chi connectivity index (χ0n) is 9.96. The van der Waals surface area contributed by atoms with E-state index in [2.05, 4.69) is 17.2 Å². The summed E-state index contributed by atoms with van der Waals surface area (Å²) < 4.78 is 12.8. The Balaban J connectivity index is 2.02. The third-order valence-corrected chi connectivity index (χ3v) is 3.57. The molecule has 1 aromatic rings. The molecular weight excluding hydrogens is 203 g/mol. The SMILES string of the molecule is Cc1cc(F)ncc1NC(C)C1CCCC1. The standard InChI is InChI=1S/C13H19FN2/c1-9-7-13(14)15-8-12(9)16-10(2)11-5-3-4-6-11/h7-8,10-11,16H,3-6H2,1-2H3. The summed E-state index contributed by atoms with van der Waals surface area (Å²) in [4.78, 5) is 3.69. The molecule has 0 aliphatic heterocycles. The number of hydrogen-bond acceptors (Lipinski definition) is 2. The molecule has 0 radical (unpaired) electrons. The minimum Gasteiger partial charge on any atom is -0.381 e. The van der Waals surface area contributed by atoms with Crippen LogP contribution in [0.25, 0.3) is 0 Å². The lowest BCUT2D eigenvalue weighted by molar-refractivity contribution is 0.481. The molecular formula is C13H19FN2. The Kier molecular flexibility index (Phi) is 3.42. The van der Waals surface area contributed by atoms with Crippen LogP contribution in [0.2, 0.25) is 0 Å². The zero-order valence-corrected chi connectivity index (χ0v) is 9.96. The summed E-state index contributed by atoms with van der Waals surface area (Å²) in [6.07, 6.45) is 6.90. The fourth-order valence-corrected chi connectivity index (χ4v) is 2.49. The number of nitrogens with one attached hydrogen (secondary N) is 1. The van der Waals surface area contributed by atoms with Gasteiger partial charge in [0, 0.05) is 6.04 Å². The number of aromatic nitrogens is 1. The molecule has 88 valence electrons. The first kappa shape index (κ1) is 11.4. The van der Waals surface area contributed by atoms with Crippen LogP contribution in [0.3, 0.4) is 0 Å². The Labute approximate surface area is 96.3 Å². The molecule has 0 spiro atoms. The molecule has 3 heteroatoms. The van der Waals surface area contributed by atoms with E-state index in [1.54, 1.807) is 6.20 Å². The third-order valence-electron chi connectivity index (χ3n) is 3.57. The summed E-state index contributed by atoms with van der Waals surface area (Å²) in [5.41, 5.74) is 1.89. The van der Waals surface area contributed by atoms with Crippen LogP contribution in [0.15, 0.2) is 12.3 Å². The molecule has 0 aromatic carbocycles. The summed E-state index contributed by atoms with van der Waals surface area (Å²) in [6.45, 7) is 4.12. The number of pyridine rings is 1. The molecule has 2 nitrogen and oxygen atoms in total. The van der Waals surface area contributed by atoms with Crippen molar-refractivity contribution in [2.75, 3.05) is 5.32 Å². The summed E-state index contributed by atoms with van der Waals surface area (Å²) in [6, 6.07) is 1.93.